The SMILES string of the molecule is CCCCCNC(=O)CNC1CCN(C(=O)OCC)CC1. The Morgan fingerprint density at radius 1 is 1.19 bits per heavy atom. The third kappa shape index (κ3) is 7.32. The first kappa shape index (κ1) is 17.8. The number of likely N-dealkylation sites (tertiary alicyclic amines) is 1. The van der Waals surface area contributed by atoms with Gasteiger partial charge in [0.15, 0.2) is 0 Å². The van der Waals surface area contributed by atoms with E-state index >= 15 is 0 Å². The average Bonchev–Trinajstić information content (AvgIpc) is 2.50. The third-order valence-corrected chi connectivity index (χ3v) is 3.67. The molecule has 0 unspecified atom stereocenters. The van der Waals surface area contributed by atoms with Gasteiger partial charge in [0.25, 0.3) is 0 Å². The Bertz CT molecular complexity index is 315. The summed E-state index contributed by atoms with van der Waals surface area (Å²) >= 11 is 0. The van der Waals surface area contributed by atoms with E-state index in [0.717, 1.165) is 38.6 Å². The Morgan fingerprint density at radius 2 is 1.90 bits per heavy atom. The quantitative estimate of drug-likeness (QED) is 0.666. The van der Waals surface area contributed by atoms with E-state index in [1.165, 1.54) is 0 Å². The molecule has 0 atom stereocenters. The van der Waals surface area contributed by atoms with Gasteiger partial charge in [-0.05, 0) is 26.2 Å². The van der Waals surface area contributed by atoms with E-state index in [1.54, 1.807) is 4.90 Å². The van der Waals surface area contributed by atoms with Crippen molar-refractivity contribution in [3.63, 3.8) is 0 Å². The molecule has 6 heteroatoms. The molecular weight excluding hydrogens is 270 g/mol. The number of ether oxygens (including phenoxy) is 1. The van der Waals surface area contributed by atoms with E-state index in [2.05, 4.69) is 17.6 Å². The van der Waals surface area contributed by atoms with Gasteiger partial charge in [-0.1, -0.05) is 19.8 Å². The zero-order chi connectivity index (χ0) is 15.5. The molecule has 0 aromatic rings. The molecule has 0 radical (unpaired) electrons. The fourth-order valence-electron chi connectivity index (χ4n) is 2.38. The lowest BCUT2D eigenvalue weighted by molar-refractivity contribution is -0.120. The van der Waals surface area contributed by atoms with Crippen LogP contribution in [0.15, 0.2) is 0 Å². The Hall–Kier alpha value is -1.30. The van der Waals surface area contributed by atoms with Gasteiger partial charge >= 0.3 is 6.09 Å². The second-order valence-corrected chi connectivity index (χ2v) is 5.40. The number of amides is 2. The first-order valence-corrected chi connectivity index (χ1v) is 8.09. The maximum atomic E-state index is 11.6. The second-order valence-electron chi connectivity index (χ2n) is 5.40. The number of hydrogen-bond donors (Lipinski definition) is 2. The monoisotopic (exact) mass is 299 g/mol. The van der Waals surface area contributed by atoms with Crippen molar-refractivity contribution in [2.75, 3.05) is 32.8 Å². The standard InChI is InChI=1S/C15H29N3O3/c1-3-5-6-9-16-14(19)12-17-13-7-10-18(11-8-13)15(20)21-4-2/h13,17H,3-12H2,1-2H3,(H,16,19). The molecule has 0 aliphatic carbocycles. The summed E-state index contributed by atoms with van der Waals surface area (Å²) in [5.74, 6) is 0.0546. The number of carbonyl (C=O) groups is 2. The van der Waals surface area contributed by atoms with E-state index in [1.807, 2.05) is 6.92 Å². The van der Waals surface area contributed by atoms with Crippen LogP contribution < -0.4 is 10.6 Å². The molecule has 1 aliphatic rings. The summed E-state index contributed by atoms with van der Waals surface area (Å²) in [6.07, 6.45) is 4.85. The highest BCUT2D eigenvalue weighted by molar-refractivity contribution is 5.77. The van der Waals surface area contributed by atoms with Crippen molar-refractivity contribution in [2.45, 2.75) is 52.0 Å². The average molecular weight is 299 g/mol. The molecule has 0 saturated carbocycles. The van der Waals surface area contributed by atoms with Crippen molar-refractivity contribution < 1.29 is 14.3 Å². The van der Waals surface area contributed by atoms with Crippen LogP contribution in [-0.4, -0.2) is 55.7 Å². The molecule has 2 amide bonds. The fourth-order valence-corrected chi connectivity index (χ4v) is 2.38. The molecule has 0 spiro atoms. The smallest absolute Gasteiger partial charge is 0.409 e. The van der Waals surface area contributed by atoms with Crippen molar-refractivity contribution in [1.82, 2.24) is 15.5 Å². The van der Waals surface area contributed by atoms with Gasteiger partial charge in [0, 0.05) is 25.7 Å². The number of nitrogens with zero attached hydrogens (tertiary/aromatic N) is 1. The van der Waals surface area contributed by atoms with Crippen LogP contribution in [0.4, 0.5) is 4.79 Å². The molecule has 1 fully saturated rings. The molecule has 1 aliphatic heterocycles. The minimum absolute atomic E-state index is 0.0546. The van der Waals surface area contributed by atoms with Crippen LogP contribution in [0.1, 0.15) is 46.0 Å². The van der Waals surface area contributed by atoms with Gasteiger partial charge in [0.05, 0.1) is 13.2 Å². The van der Waals surface area contributed by atoms with Gasteiger partial charge in [0.2, 0.25) is 5.91 Å². The summed E-state index contributed by atoms with van der Waals surface area (Å²) in [5.41, 5.74) is 0. The minimum atomic E-state index is -0.232. The molecule has 0 aromatic heterocycles. The first-order valence-electron chi connectivity index (χ1n) is 8.09. The summed E-state index contributed by atoms with van der Waals surface area (Å²) in [7, 11) is 0. The van der Waals surface area contributed by atoms with E-state index in [9.17, 15) is 9.59 Å². The first-order chi connectivity index (χ1) is 10.2. The Labute approximate surface area is 127 Å². The number of carbonyl (C=O) groups excluding carboxylic acids is 2. The van der Waals surface area contributed by atoms with Crippen molar-refractivity contribution in [3.05, 3.63) is 0 Å². The van der Waals surface area contributed by atoms with Crippen LogP contribution in [0.25, 0.3) is 0 Å². The molecule has 1 heterocycles. The van der Waals surface area contributed by atoms with Crippen LogP contribution in [-0.2, 0) is 9.53 Å². The number of rotatable bonds is 8. The minimum Gasteiger partial charge on any atom is -0.450 e. The van der Waals surface area contributed by atoms with E-state index < -0.39 is 0 Å². The van der Waals surface area contributed by atoms with E-state index in [4.69, 9.17) is 4.74 Å². The van der Waals surface area contributed by atoms with Gasteiger partial charge < -0.3 is 20.3 Å². The predicted molar refractivity (Wildman–Crippen MR) is 82.2 cm³/mol. The number of nitrogens with one attached hydrogen (secondary N) is 2. The molecule has 1 rings (SSSR count). The summed E-state index contributed by atoms with van der Waals surface area (Å²) in [6.45, 7) is 6.86. The zero-order valence-corrected chi connectivity index (χ0v) is 13.3. The molecular formula is C15H29N3O3. The summed E-state index contributed by atoms with van der Waals surface area (Å²) < 4.78 is 4.98. The van der Waals surface area contributed by atoms with Crippen LogP contribution in [0.5, 0.6) is 0 Å². The summed E-state index contributed by atoms with van der Waals surface area (Å²) in [6, 6.07) is 0.303. The second kappa shape index (κ2) is 10.4. The lowest BCUT2D eigenvalue weighted by Gasteiger charge is -2.31. The van der Waals surface area contributed by atoms with Gasteiger partial charge in [-0.25, -0.2) is 4.79 Å². The van der Waals surface area contributed by atoms with Crippen molar-refractivity contribution >= 4 is 12.0 Å². The van der Waals surface area contributed by atoms with Crippen LogP contribution in [0, 0.1) is 0 Å². The fraction of sp³-hybridized carbons (Fsp3) is 0.867. The van der Waals surface area contributed by atoms with Gasteiger partial charge in [0.1, 0.15) is 0 Å². The van der Waals surface area contributed by atoms with Crippen LogP contribution in [0.2, 0.25) is 0 Å². The molecule has 0 aromatic carbocycles. The summed E-state index contributed by atoms with van der Waals surface area (Å²) in [5, 5.41) is 6.18. The van der Waals surface area contributed by atoms with Gasteiger partial charge in [-0.2, -0.15) is 0 Å². The summed E-state index contributed by atoms with van der Waals surface area (Å²) in [4.78, 5) is 24.9. The van der Waals surface area contributed by atoms with E-state index in [-0.39, 0.29) is 12.0 Å². The number of hydrogen-bond acceptors (Lipinski definition) is 4. The maximum Gasteiger partial charge on any atom is 0.409 e. The molecule has 1 saturated heterocycles. The zero-order valence-electron chi connectivity index (χ0n) is 13.3. The highest BCUT2D eigenvalue weighted by atomic mass is 16.6. The predicted octanol–water partition coefficient (Wildman–Crippen LogP) is 1.50. The van der Waals surface area contributed by atoms with Gasteiger partial charge in [-0.3, -0.25) is 4.79 Å². The molecule has 122 valence electrons. The highest BCUT2D eigenvalue weighted by Crippen LogP contribution is 2.11. The van der Waals surface area contributed by atoms with E-state index in [0.29, 0.717) is 32.3 Å². The third-order valence-electron chi connectivity index (χ3n) is 3.67. The van der Waals surface area contributed by atoms with Crippen molar-refractivity contribution in [1.29, 1.82) is 0 Å². The van der Waals surface area contributed by atoms with Gasteiger partial charge in [-0.15, -0.1) is 0 Å². The Balaban J connectivity index is 2.09. The normalized spacial score (nSPS) is 15.8. The molecule has 2 N–H and O–H groups in total. The van der Waals surface area contributed by atoms with Crippen molar-refractivity contribution in [3.8, 4) is 0 Å². The van der Waals surface area contributed by atoms with Crippen molar-refractivity contribution in [2.24, 2.45) is 0 Å². The lowest BCUT2D eigenvalue weighted by Crippen LogP contribution is -2.47. The molecule has 6 nitrogen and oxygen atoms in total. The topological polar surface area (TPSA) is 70.7 Å². The maximum absolute atomic E-state index is 11.6. The molecule has 0 bridgehead atoms. The largest absolute Gasteiger partial charge is 0.450 e. The van der Waals surface area contributed by atoms with Crippen LogP contribution in [0.3, 0.4) is 0 Å². The van der Waals surface area contributed by atoms with Crippen LogP contribution >= 0.6 is 0 Å². The Kier molecular flexibility index (Phi) is 8.82. The number of unbranched alkanes of at least 4 members (excludes halogenated alkanes) is 2. The number of piperidine rings is 1. The highest BCUT2D eigenvalue weighted by Gasteiger charge is 2.23. The Morgan fingerprint density at radius 3 is 2.52 bits per heavy atom. The molecule has 21 heavy (non-hydrogen) atoms. The lowest BCUT2D eigenvalue weighted by atomic mass is 10.1.